The minimum absolute atomic E-state index is 0.283. The highest BCUT2D eigenvalue weighted by atomic mass is 16.6. The molecule has 2 N–H and O–H groups in total. The molecule has 0 saturated heterocycles. The third-order valence-electron chi connectivity index (χ3n) is 2.58. The standard InChI is InChI=1S/C11H22O4/c1-6-8(12)11(4,5)10(14)15-9(13)7(2)3/h7-8,10,12,14H,6H2,1-5H3. The van der Waals surface area contributed by atoms with Gasteiger partial charge < -0.3 is 14.9 Å². The van der Waals surface area contributed by atoms with E-state index in [4.69, 9.17) is 4.74 Å². The fourth-order valence-corrected chi connectivity index (χ4v) is 1.09. The summed E-state index contributed by atoms with van der Waals surface area (Å²) in [4.78, 5) is 11.2. The molecule has 2 atom stereocenters. The quantitative estimate of drug-likeness (QED) is 0.539. The van der Waals surface area contributed by atoms with Crippen LogP contribution in [0.3, 0.4) is 0 Å². The average Bonchev–Trinajstić information content (AvgIpc) is 2.15. The Labute approximate surface area is 91.3 Å². The van der Waals surface area contributed by atoms with Crippen LogP contribution in [0.1, 0.15) is 41.0 Å². The van der Waals surface area contributed by atoms with Crippen LogP contribution in [0.2, 0.25) is 0 Å². The Balaban J connectivity index is 4.43. The fourth-order valence-electron chi connectivity index (χ4n) is 1.09. The number of carbonyl (C=O) groups excluding carboxylic acids is 1. The van der Waals surface area contributed by atoms with Gasteiger partial charge in [0.05, 0.1) is 17.4 Å². The molecule has 0 aliphatic carbocycles. The minimum atomic E-state index is -1.28. The lowest BCUT2D eigenvalue weighted by molar-refractivity contribution is -0.206. The molecule has 0 amide bonds. The summed E-state index contributed by atoms with van der Waals surface area (Å²) in [5.41, 5.74) is -0.848. The van der Waals surface area contributed by atoms with E-state index in [9.17, 15) is 15.0 Å². The van der Waals surface area contributed by atoms with Gasteiger partial charge in [-0.1, -0.05) is 34.6 Å². The lowest BCUT2D eigenvalue weighted by Gasteiger charge is -2.34. The second-order valence-electron chi connectivity index (χ2n) is 4.69. The predicted molar refractivity (Wildman–Crippen MR) is 57.0 cm³/mol. The molecule has 4 heteroatoms. The maximum Gasteiger partial charge on any atom is 0.310 e. The van der Waals surface area contributed by atoms with Crippen molar-refractivity contribution in [3.8, 4) is 0 Å². The van der Waals surface area contributed by atoms with E-state index < -0.39 is 23.8 Å². The van der Waals surface area contributed by atoms with Crippen LogP contribution in [0.4, 0.5) is 0 Å². The molecule has 0 aromatic carbocycles. The molecule has 2 unspecified atom stereocenters. The molecule has 90 valence electrons. The first kappa shape index (κ1) is 14.4. The van der Waals surface area contributed by atoms with Crippen LogP contribution in [0.15, 0.2) is 0 Å². The number of carbonyl (C=O) groups is 1. The third-order valence-corrected chi connectivity index (χ3v) is 2.58. The van der Waals surface area contributed by atoms with Crippen LogP contribution in [-0.4, -0.2) is 28.6 Å². The van der Waals surface area contributed by atoms with Crippen molar-refractivity contribution in [2.24, 2.45) is 11.3 Å². The first-order valence-corrected chi connectivity index (χ1v) is 5.30. The summed E-state index contributed by atoms with van der Waals surface area (Å²) in [5.74, 6) is -0.743. The van der Waals surface area contributed by atoms with Crippen LogP contribution < -0.4 is 0 Å². The Bertz CT molecular complexity index is 211. The highest BCUT2D eigenvalue weighted by Gasteiger charge is 2.37. The monoisotopic (exact) mass is 218 g/mol. The van der Waals surface area contributed by atoms with E-state index in [0.29, 0.717) is 6.42 Å². The molecule has 0 aromatic rings. The number of esters is 1. The van der Waals surface area contributed by atoms with Crippen molar-refractivity contribution >= 4 is 5.97 Å². The zero-order chi connectivity index (χ0) is 12.2. The summed E-state index contributed by atoms with van der Waals surface area (Å²) < 4.78 is 4.86. The van der Waals surface area contributed by atoms with Crippen LogP contribution in [0.5, 0.6) is 0 Å². The molecule has 0 rings (SSSR count). The number of aliphatic hydroxyl groups is 2. The number of hydrogen-bond donors (Lipinski definition) is 2. The van der Waals surface area contributed by atoms with Crippen molar-refractivity contribution in [2.45, 2.75) is 53.4 Å². The summed E-state index contributed by atoms with van der Waals surface area (Å²) in [5, 5.41) is 19.4. The van der Waals surface area contributed by atoms with Crippen molar-refractivity contribution in [1.29, 1.82) is 0 Å². The van der Waals surface area contributed by atoms with E-state index in [2.05, 4.69) is 0 Å². The van der Waals surface area contributed by atoms with E-state index >= 15 is 0 Å². The van der Waals surface area contributed by atoms with Gasteiger partial charge in [0.2, 0.25) is 6.29 Å². The van der Waals surface area contributed by atoms with Gasteiger partial charge in [0, 0.05) is 0 Å². The second-order valence-corrected chi connectivity index (χ2v) is 4.69. The Morgan fingerprint density at radius 1 is 1.33 bits per heavy atom. The first-order chi connectivity index (χ1) is 6.73. The number of rotatable bonds is 5. The molecule has 0 fully saturated rings. The second kappa shape index (κ2) is 5.47. The van der Waals surface area contributed by atoms with Gasteiger partial charge >= 0.3 is 5.97 Å². The van der Waals surface area contributed by atoms with Gasteiger partial charge in [-0.3, -0.25) is 4.79 Å². The average molecular weight is 218 g/mol. The normalized spacial score (nSPS) is 16.3. The summed E-state index contributed by atoms with van der Waals surface area (Å²) in [7, 11) is 0. The summed E-state index contributed by atoms with van der Waals surface area (Å²) in [6.45, 7) is 8.53. The molecule has 4 nitrogen and oxygen atoms in total. The van der Waals surface area contributed by atoms with Crippen LogP contribution in [0.25, 0.3) is 0 Å². The Morgan fingerprint density at radius 3 is 2.13 bits per heavy atom. The maximum atomic E-state index is 11.2. The van der Waals surface area contributed by atoms with Crippen molar-refractivity contribution < 1.29 is 19.7 Å². The number of hydrogen-bond acceptors (Lipinski definition) is 4. The first-order valence-electron chi connectivity index (χ1n) is 5.30. The molecule has 0 spiro atoms. The zero-order valence-corrected chi connectivity index (χ0v) is 10.2. The fraction of sp³-hybridized carbons (Fsp3) is 0.909. The summed E-state index contributed by atoms with van der Waals surface area (Å²) >= 11 is 0. The van der Waals surface area contributed by atoms with Crippen molar-refractivity contribution in [2.75, 3.05) is 0 Å². The lowest BCUT2D eigenvalue weighted by Crippen LogP contribution is -2.43. The van der Waals surface area contributed by atoms with Gasteiger partial charge in [-0.25, -0.2) is 0 Å². The number of ether oxygens (including phenoxy) is 1. The van der Waals surface area contributed by atoms with E-state index in [-0.39, 0.29) is 5.92 Å². The predicted octanol–water partition coefficient (Wildman–Crippen LogP) is 1.30. The van der Waals surface area contributed by atoms with Gasteiger partial charge in [0.1, 0.15) is 0 Å². The molecule has 0 bridgehead atoms. The molecular formula is C11H22O4. The van der Waals surface area contributed by atoms with Gasteiger partial charge in [-0.2, -0.15) is 0 Å². The Kier molecular flexibility index (Phi) is 5.24. The molecule has 0 aliphatic heterocycles. The van der Waals surface area contributed by atoms with E-state index in [1.165, 1.54) is 0 Å². The Morgan fingerprint density at radius 2 is 1.80 bits per heavy atom. The molecule has 0 radical (unpaired) electrons. The van der Waals surface area contributed by atoms with E-state index in [1.54, 1.807) is 27.7 Å². The van der Waals surface area contributed by atoms with Gasteiger partial charge in [-0.05, 0) is 6.42 Å². The third kappa shape index (κ3) is 3.80. The van der Waals surface area contributed by atoms with Crippen molar-refractivity contribution in [3.05, 3.63) is 0 Å². The molecule has 0 aromatic heterocycles. The summed E-state index contributed by atoms with van der Waals surface area (Å²) in [6, 6.07) is 0. The molecule has 0 saturated carbocycles. The van der Waals surface area contributed by atoms with Crippen molar-refractivity contribution in [3.63, 3.8) is 0 Å². The lowest BCUT2D eigenvalue weighted by atomic mass is 9.84. The molecule has 0 heterocycles. The van der Waals surface area contributed by atoms with Crippen molar-refractivity contribution in [1.82, 2.24) is 0 Å². The molecule has 15 heavy (non-hydrogen) atoms. The van der Waals surface area contributed by atoms with Crippen LogP contribution in [-0.2, 0) is 9.53 Å². The van der Waals surface area contributed by atoms with Gasteiger partial charge in [0.15, 0.2) is 0 Å². The highest BCUT2D eigenvalue weighted by Crippen LogP contribution is 2.28. The summed E-state index contributed by atoms with van der Waals surface area (Å²) in [6.07, 6.45) is -1.47. The number of aliphatic hydroxyl groups excluding tert-OH is 2. The van der Waals surface area contributed by atoms with Crippen LogP contribution in [0, 0.1) is 11.3 Å². The highest BCUT2D eigenvalue weighted by molar-refractivity contribution is 5.71. The van der Waals surface area contributed by atoms with E-state index in [0.717, 1.165) is 0 Å². The van der Waals surface area contributed by atoms with E-state index in [1.807, 2.05) is 6.92 Å². The minimum Gasteiger partial charge on any atom is -0.435 e. The van der Waals surface area contributed by atoms with Crippen LogP contribution >= 0.6 is 0 Å². The molecular weight excluding hydrogens is 196 g/mol. The van der Waals surface area contributed by atoms with Gasteiger partial charge in [-0.15, -0.1) is 0 Å². The molecule has 0 aliphatic rings. The Hall–Kier alpha value is -0.610. The maximum absolute atomic E-state index is 11.2. The zero-order valence-electron chi connectivity index (χ0n) is 10.2. The smallest absolute Gasteiger partial charge is 0.310 e. The largest absolute Gasteiger partial charge is 0.435 e. The SMILES string of the molecule is CCC(O)C(C)(C)C(O)OC(=O)C(C)C. The topological polar surface area (TPSA) is 66.8 Å². The van der Waals surface area contributed by atoms with Gasteiger partial charge in [0.25, 0.3) is 0 Å².